The first kappa shape index (κ1) is 19.4. The highest BCUT2D eigenvalue weighted by molar-refractivity contribution is 9.09. The zero-order chi connectivity index (χ0) is 19.6. The van der Waals surface area contributed by atoms with Crippen molar-refractivity contribution in [2.24, 2.45) is 0 Å². The molecule has 2 atom stereocenters. The quantitative estimate of drug-likeness (QED) is 0.164. The normalized spacial score (nSPS) is 21.2. The molecule has 27 heavy (non-hydrogen) atoms. The lowest BCUT2D eigenvalue weighted by Gasteiger charge is -2.49. The Labute approximate surface area is 166 Å². The van der Waals surface area contributed by atoms with Crippen LogP contribution in [0.2, 0.25) is 0 Å². The van der Waals surface area contributed by atoms with Crippen molar-refractivity contribution in [2.45, 2.75) is 18.0 Å². The number of halogens is 1. The molecule has 11 heteroatoms. The standard InChI is InChI=1S/C16H14BrN3O6S/c17-5-10-7-27-15-12(18-8-21)14(22)19(15)13(10)16(23)26-6-9-1-3-11(4-2-9)20(24)25/h1-4,8,12,15H,5-7H2,(H,18,21)/t12?,15-/m0/s1. The van der Waals surface area contributed by atoms with Crippen LogP contribution in [0, 0.1) is 10.1 Å². The zero-order valence-corrected chi connectivity index (χ0v) is 16.2. The van der Waals surface area contributed by atoms with E-state index in [1.807, 2.05) is 0 Å². The van der Waals surface area contributed by atoms with Gasteiger partial charge in [-0.1, -0.05) is 15.9 Å². The van der Waals surface area contributed by atoms with E-state index >= 15 is 0 Å². The molecule has 2 heterocycles. The summed E-state index contributed by atoms with van der Waals surface area (Å²) in [6.45, 7) is -0.0776. The predicted molar refractivity (Wildman–Crippen MR) is 99.8 cm³/mol. The Bertz CT molecular complexity index is 828. The van der Waals surface area contributed by atoms with E-state index < -0.39 is 16.9 Å². The summed E-state index contributed by atoms with van der Waals surface area (Å²) in [4.78, 5) is 47.1. The number of non-ortho nitro benzene ring substituents is 1. The maximum atomic E-state index is 12.6. The van der Waals surface area contributed by atoms with Gasteiger partial charge in [0.25, 0.3) is 11.6 Å². The van der Waals surface area contributed by atoms with Gasteiger partial charge in [0, 0.05) is 23.2 Å². The molecule has 3 rings (SSSR count). The minimum atomic E-state index is -0.651. The van der Waals surface area contributed by atoms with Crippen LogP contribution in [0.4, 0.5) is 5.69 Å². The van der Waals surface area contributed by atoms with Crippen LogP contribution in [-0.4, -0.2) is 50.6 Å². The number of thioether (sulfide) groups is 1. The van der Waals surface area contributed by atoms with Gasteiger partial charge < -0.3 is 10.1 Å². The zero-order valence-electron chi connectivity index (χ0n) is 13.8. The monoisotopic (exact) mass is 455 g/mol. The molecular formula is C16H14BrN3O6S. The van der Waals surface area contributed by atoms with E-state index in [9.17, 15) is 24.5 Å². The van der Waals surface area contributed by atoms with Crippen molar-refractivity contribution < 1.29 is 24.0 Å². The minimum absolute atomic E-state index is 0.0543. The lowest BCUT2D eigenvalue weighted by molar-refractivity contribution is -0.384. The van der Waals surface area contributed by atoms with Crippen molar-refractivity contribution in [3.63, 3.8) is 0 Å². The molecule has 2 amide bonds. The lowest BCUT2D eigenvalue weighted by atomic mass is 10.0. The highest BCUT2D eigenvalue weighted by Gasteiger charge is 2.53. The van der Waals surface area contributed by atoms with Crippen molar-refractivity contribution in [2.75, 3.05) is 11.1 Å². The number of alkyl halides is 1. The number of nitrogens with one attached hydrogen (secondary N) is 1. The summed E-state index contributed by atoms with van der Waals surface area (Å²) in [6.07, 6.45) is 0.469. The van der Waals surface area contributed by atoms with Crippen LogP contribution in [0.25, 0.3) is 0 Å². The van der Waals surface area contributed by atoms with Gasteiger partial charge in [-0.15, -0.1) is 11.8 Å². The fraction of sp³-hybridized carbons (Fsp3) is 0.312. The molecule has 0 spiro atoms. The Morgan fingerprint density at radius 3 is 2.74 bits per heavy atom. The second-order valence-corrected chi connectivity index (χ2v) is 7.42. The average molecular weight is 456 g/mol. The number of nitro benzene ring substituents is 1. The predicted octanol–water partition coefficient (Wildman–Crippen LogP) is 1.32. The number of ether oxygens (including phenoxy) is 1. The maximum absolute atomic E-state index is 12.6. The van der Waals surface area contributed by atoms with Crippen LogP contribution in [0.1, 0.15) is 5.56 Å². The summed E-state index contributed by atoms with van der Waals surface area (Å²) in [5, 5.41) is 13.2. The maximum Gasteiger partial charge on any atom is 0.355 e. The third kappa shape index (κ3) is 3.69. The van der Waals surface area contributed by atoms with Gasteiger partial charge in [-0.2, -0.15) is 0 Å². The molecule has 0 bridgehead atoms. The Balaban J connectivity index is 1.72. The summed E-state index contributed by atoms with van der Waals surface area (Å²) < 4.78 is 5.32. The van der Waals surface area contributed by atoms with Crippen molar-refractivity contribution in [1.29, 1.82) is 0 Å². The molecule has 9 nitrogen and oxygen atoms in total. The molecular weight excluding hydrogens is 442 g/mol. The molecule has 0 aliphatic carbocycles. The van der Waals surface area contributed by atoms with Gasteiger partial charge in [-0.05, 0) is 23.3 Å². The molecule has 1 aromatic rings. The number of amides is 2. The molecule has 1 N–H and O–H groups in total. The van der Waals surface area contributed by atoms with Gasteiger partial charge in [0.2, 0.25) is 6.41 Å². The Morgan fingerprint density at radius 2 is 2.15 bits per heavy atom. The summed E-state index contributed by atoms with van der Waals surface area (Å²) in [7, 11) is 0. The second kappa shape index (κ2) is 8.09. The number of nitro groups is 1. The topological polar surface area (TPSA) is 119 Å². The molecule has 2 aliphatic rings. The fourth-order valence-electron chi connectivity index (χ4n) is 2.80. The molecule has 1 aromatic carbocycles. The van der Waals surface area contributed by atoms with Crippen molar-refractivity contribution in [3.05, 3.63) is 51.2 Å². The largest absolute Gasteiger partial charge is 0.456 e. The first-order chi connectivity index (χ1) is 13.0. The molecule has 1 saturated heterocycles. The molecule has 1 fully saturated rings. The Morgan fingerprint density at radius 1 is 1.44 bits per heavy atom. The number of rotatable bonds is 7. The van der Waals surface area contributed by atoms with Gasteiger partial charge >= 0.3 is 5.97 Å². The number of carbonyl (C=O) groups excluding carboxylic acids is 3. The van der Waals surface area contributed by atoms with Crippen LogP contribution < -0.4 is 5.32 Å². The highest BCUT2D eigenvalue weighted by Crippen LogP contribution is 2.40. The van der Waals surface area contributed by atoms with Crippen LogP contribution in [-0.2, 0) is 25.7 Å². The molecule has 0 radical (unpaired) electrons. The van der Waals surface area contributed by atoms with Crippen LogP contribution in [0.3, 0.4) is 0 Å². The van der Waals surface area contributed by atoms with Gasteiger partial charge in [0.1, 0.15) is 23.7 Å². The summed E-state index contributed by atoms with van der Waals surface area (Å²) in [6, 6.07) is 5.01. The van der Waals surface area contributed by atoms with Gasteiger partial charge in [-0.3, -0.25) is 24.6 Å². The van der Waals surface area contributed by atoms with E-state index in [1.165, 1.54) is 40.9 Å². The van der Waals surface area contributed by atoms with Crippen LogP contribution >= 0.6 is 27.7 Å². The van der Waals surface area contributed by atoms with E-state index in [4.69, 9.17) is 4.74 Å². The number of benzene rings is 1. The van der Waals surface area contributed by atoms with Crippen LogP contribution in [0.5, 0.6) is 0 Å². The summed E-state index contributed by atoms with van der Waals surface area (Å²) >= 11 is 4.78. The third-order valence-corrected chi connectivity index (χ3v) is 6.18. The first-order valence-corrected chi connectivity index (χ1v) is 9.97. The molecule has 142 valence electrons. The van der Waals surface area contributed by atoms with E-state index in [-0.39, 0.29) is 29.3 Å². The van der Waals surface area contributed by atoms with E-state index in [2.05, 4.69) is 21.2 Å². The SMILES string of the molecule is O=CNC1C(=O)N2C(C(=O)OCc3ccc([N+](=O)[O-])cc3)=C(CBr)CS[C@@H]12. The number of fused-ring (bicyclic) bond motifs is 1. The Hall–Kier alpha value is -2.40. The molecule has 1 unspecified atom stereocenters. The first-order valence-electron chi connectivity index (χ1n) is 7.80. The van der Waals surface area contributed by atoms with E-state index in [1.54, 1.807) is 0 Å². The summed E-state index contributed by atoms with van der Waals surface area (Å²) in [5.41, 5.74) is 1.45. The number of β-lactam (4-membered cyclic amide) rings is 1. The average Bonchev–Trinajstić information content (AvgIpc) is 2.69. The number of hydrogen-bond donors (Lipinski definition) is 1. The van der Waals surface area contributed by atoms with Crippen molar-refractivity contribution in [1.82, 2.24) is 10.2 Å². The highest BCUT2D eigenvalue weighted by atomic mass is 79.9. The second-order valence-electron chi connectivity index (χ2n) is 5.76. The smallest absolute Gasteiger partial charge is 0.355 e. The number of nitrogens with zero attached hydrogens (tertiary/aromatic N) is 2. The molecule has 0 saturated carbocycles. The van der Waals surface area contributed by atoms with E-state index in [0.717, 1.165) is 5.57 Å². The Kier molecular flexibility index (Phi) is 5.80. The van der Waals surface area contributed by atoms with E-state index in [0.29, 0.717) is 23.1 Å². The number of carbonyl (C=O) groups is 3. The van der Waals surface area contributed by atoms with Crippen LogP contribution in [0.15, 0.2) is 35.5 Å². The summed E-state index contributed by atoms with van der Waals surface area (Å²) in [5.74, 6) is -0.482. The number of esters is 1. The van der Waals surface area contributed by atoms with Gasteiger partial charge in [0.05, 0.1) is 4.92 Å². The van der Waals surface area contributed by atoms with Crippen molar-refractivity contribution in [3.8, 4) is 0 Å². The molecule has 2 aliphatic heterocycles. The molecule has 0 aromatic heterocycles. The third-order valence-electron chi connectivity index (χ3n) is 4.17. The number of hydrogen-bond acceptors (Lipinski definition) is 7. The fourth-order valence-corrected chi connectivity index (χ4v) is 4.88. The van der Waals surface area contributed by atoms with Crippen molar-refractivity contribution >= 4 is 51.7 Å². The lowest BCUT2D eigenvalue weighted by Crippen LogP contribution is -2.69. The van der Waals surface area contributed by atoms with Gasteiger partial charge in [0.15, 0.2) is 0 Å². The minimum Gasteiger partial charge on any atom is -0.456 e. The van der Waals surface area contributed by atoms with Gasteiger partial charge in [-0.25, -0.2) is 4.79 Å².